The molecule has 0 saturated carbocycles. The van der Waals surface area contributed by atoms with E-state index in [1.54, 1.807) is 37.3 Å². The summed E-state index contributed by atoms with van der Waals surface area (Å²) in [5, 5.41) is 0.425. The first-order chi connectivity index (χ1) is 16.8. The van der Waals surface area contributed by atoms with Crippen LogP contribution in [-0.2, 0) is 28.7 Å². The van der Waals surface area contributed by atoms with E-state index in [9.17, 15) is 18.0 Å². The average Bonchev–Trinajstić information content (AvgIpc) is 2.85. The maximum atomic E-state index is 13.4. The van der Waals surface area contributed by atoms with Crippen molar-refractivity contribution in [1.82, 2.24) is 4.98 Å². The van der Waals surface area contributed by atoms with Crippen LogP contribution in [0.4, 0.5) is 13.2 Å². The second-order valence-electron chi connectivity index (χ2n) is 8.00. The van der Waals surface area contributed by atoms with E-state index in [0.29, 0.717) is 42.8 Å². The number of carbonyl (C=O) groups excluding carboxylic acids is 1. The Morgan fingerprint density at radius 1 is 0.943 bits per heavy atom. The number of fused-ring (bicyclic) bond motifs is 1. The number of ether oxygens (including phenoxy) is 2. The maximum absolute atomic E-state index is 13.4. The number of halogens is 3. The van der Waals surface area contributed by atoms with Crippen molar-refractivity contribution < 1.29 is 27.4 Å². The van der Waals surface area contributed by atoms with E-state index in [0.717, 1.165) is 22.8 Å². The third-order valence-corrected chi connectivity index (χ3v) is 5.54. The second kappa shape index (κ2) is 10.6. The van der Waals surface area contributed by atoms with E-state index < -0.39 is 11.7 Å². The Morgan fingerprint density at radius 2 is 1.71 bits per heavy atom. The van der Waals surface area contributed by atoms with E-state index in [-0.39, 0.29) is 11.5 Å². The molecule has 0 amide bonds. The average molecular weight is 479 g/mol. The van der Waals surface area contributed by atoms with Crippen LogP contribution < -0.4 is 4.74 Å². The molecule has 1 heterocycles. The molecule has 3 aromatic carbocycles. The van der Waals surface area contributed by atoms with Crippen LogP contribution in [0.3, 0.4) is 0 Å². The fourth-order valence-corrected chi connectivity index (χ4v) is 3.93. The Labute approximate surface area is 201 Å². The fourth-order valence-electron chi connectivity index (χ4n) is 3.93. The standard InChI is InChI=1S/C28H24F3NO3/c1-2-34-26(33)13-12-19-6-3-7-20(16-19)18-35-22-9-4-8-21(17-22)23-14-15-32-27-24(23)10-5-11-25(27)28(29,30)31/h3-11,14-17H,2,12-13,18H2,1H3. The zero-order valence-corrected chi connectivity index (χ0v) is 19.1. The molecule has 180 valence electrons. The molecule has 0 bridgehead atoms. The zero-order chi connectivity index (χ0) is 24.8. The lowest BCUT2D eigenvalue weighted by Crippen LogP contribution is -2.06. The molecule has 4 aromatic rings. The summed E-state index contributed by atoms with van der Waals surface area (Å²) in [5.74, 6) is 0.369. The third kappa shape index (κ3) is 5.98. The van der Waals surface area contributed by atoms with Gasteiger partial charge in [0.05, 0.1) is 17.7 Å². The minimum Gasteiger partial charge on any atom is -0.489 e. The molecule has 0 spiro atoms. The van der Waals surface area contributed by atoms with E-state index >= 15 is 0 Å². The number of benzene rings is 3. The van der Waals surface area contributed by atoms with E-state index in [1.807, 2.05) is 30.3 Å². The Morgan fingerprint density at radius 3 is 2.51 bits per heavy atom. The van der Waals surface area contributed by atoms with Gasteiger partial charge in [0.2, 0.25) is 0 Å². The summed E-state index contributed by atoms with van der Waals surface area (Å²) in [4.78, 5) is 15.6. The molecule has 4 rings (SSSR count). The molecule has 0 aliphatic carbocycles. The lowest BCUT2D eigenvalue weighted by molar-refractivity contribution is -0.143. The number of esters is 1. The number of pyridine rings is 1. The van der Waals surface area contributed by atoms with Crippen LogP contribution >= 0.6 is 0 Å². The number of aromatic nitrogens is 1. The van der Waals surface area contributed by atoms with Gasteiger partial charge in [-0.3, -0.25) is 9.78 Å². The molecule has 7 heteroatoms. The Bertz CT molecular complexity index is 1330. The van der Waals surface area contributed by atoms with Gasteiger partial charge in [0.15, 0.2) is 0 Å². The molecule has 0 fully saturated rings. The quantitative estimate of drug-likeness (QED) is 0.256. The van der Waals surface area contributed by atoms with Crippen molar-refractivity contribution in [1.29, 1.82) is 0 Å². The summed E-state index contributed by atoms with van der Waals surface area (Å²) in [5.41, 5.74) is 2.50. The van der Waals surface area contributed by atoms with Gasteiger partial charge in [-0.1, -0.05) is 48.5 Å². The third-order valence-electron chi connectivity index (χ3n) is 5.54. The highest BCUT2D eigenvalue weighted by Crippen LogP contribution is 2.37. The van der Waals surface area contributed by atoms with Crippen molar-refractivity contribution in [3.05, 3.63) is 95.7 Å². The van der Waals surface area contributed by atoms with Crippen molar-refractivity contribution in [3.63, 3.8) is 0 Å². The zero-order valence-electron chi connectivity index (χ0n) is 19.1. The van der Waals surface area contributed by atoms with Gasteiger partial charge >= 0.3 is 12.1 Å². The number of nitrogens with zero attached hydrogens (tertiary/aromatic N) is 1. The molecule has 0 unspecified atom stereocenters. The molecule has 0 saturated heterocycles. The molecule has 0 aliphatic rings. The van der Waals surface area contributed by atoms with Crippen molar-refractivity contribution in [2.75, 3.05) is 6.61 Å². The van der Waals surface area contributed by atoms with Gasteiger partial charge in [-0.25, -0.2) is 0 Å². The second-order valence-corrected chi connectivity index (χ2v) is 8.00. The highest BCUT2D eigenvalue weighted by molar-refractivity contribution is 5.96. The van der Waals surface area contributed by atoms with Crippen LogP contribution in [0.2, 0.25) is 0 Å². The van der Waals surface area contributed by atoms with Gasteiger partial charge in [0.1, 0.15) is 12.4 Å². The monoisotopic (exact) mass is 479 g/mol. The number of rotatable bonds is 8. The van der Waals surface area contributed by atoms with Gasteiger partial charge < -0.3 is 9.47 Å². The van der Waals surface area contributed by atoms with Gasteiger partial charge in [0, 0.05) is 18.0 Å². The summed E-state index contributed by atoms with van der Waals surface area (Å²) in [6, 6.07) is 20.8. The van der Waals surface area contributed by atoms with Gasteiger partial charge in [0.25, 0.3) is 0 Å². The van der Waals surface area contributed by atoms with E-state index in [1.165, 1.54) is 12.3 Å². The van der Waals surface area contributed by atoms with Gasteiger partial charge in [-0.15, -0.1) is 0 Å². The molecular weight excluding hydrogens is 455 g/mol. The first-order valence-electron chi connectivity index (χ1n) is 11.3. The van der Waals surface area contributed by atoms with Crippen LogP contribution in [0.25, 0.3) is 22.0 Å². The number of carbonyl (C=O) groups is 1. The SMILES string of the molecule is CCOC(=O)CCc1cccc(COc2cccc(-c3ccnc4c(C(F)(F)F)cccc34)c2)c1. The summed E-state index contributed by atoms with van der Waals surface area (Å²) in [6.45, 7) is 2.46. The van der Waals surface area contributed by atoms with Crippen LogP contribution in [-0.4, -0.2) is 17.6 Å². The largest absolute Gasteiger partial charge is 0.489 e. The number of hydrogen-bond donors (Lipinski definition) is 0. The summed E-state index contributed by atoms with van der Waals surface area (Å²) in [6.07, 6.45) is -2.20. The van der Waals surface area contributed by atoms with Crippen molar-refractivity contribution in [2.45, 2.75) is 32.5 Å². The summed E-state index contributed by atoms with van der Waals surface area (Å²) < 4.78 is 51.3. The molecular formula is C28H24F3NO3. The summed E-state index contributed by atoms with van der Waals surface area (Å²) in [7, 11) is 0. The number of hydrogen-bond acceptors (Lipinski definition) is 4. The van der Waals surface area contributed by atoms with Crippen molar-refractivity contribution >= 4 is 16.9 Å². The first-order valence-corrected chi connectivity index (χ1v) is 11.3. The van der Waals surface area contributed by atoms with E-state index in [2.05, 4.69) is 4.98 Å². The number of para-hydroxylation sites is 1. The van der Waals surface area contributed by atoms with Crippen molar-refractivity contribution in [3.8, 4) is 16.9 Å². The predicted molar refractivity (Wildman–Crippen MR) is 128 cm³/mol. The molecule has 0 aliphatic heterocycles. The molecule has 4 nitrogen and oxygen atoms in total. The first kappa shape index (κ1) is 24.3. The normalized spacial score (nSPS) is 11.4. The predicted octanol–water partition coefficient (Wildman–Crippen LogP) is 7.00. The highest BCUT2D eigenvalue weighted by Gasteiger charge is 2.33. The highest BCUT2D eigenvalue weighted by atomic mass is 19.4. The minimum atomic E-state index is -4.49. The van der Waals surface area contributed by atoms with E-state index in [4.69, 9.17) is 9.47 Å². The van der Waals surface area contributed by atoms with Crippen LogP contribution in [0, 0.1) is 0 Å². The van der Waals surface area contributed by atoms with Crippen LogP contribution in [0.15, 0.2) is 79.0 Å². The molecule has 35 heavy (non-hydrogen) atoms. The molecule has 0 atom stereocenters. The Hall–Kier alpha value is -3.87. The van der Waals surface area contributed by atoms with Crippen LogP contribution in [0.1, 0.15) is 30.0 Å². The lowest BCUT2D eigenvalue weighted by atomic mass is 9.99. The Kier molecular flexibility index (Phi) is 7.34. The fraction of sp³-hybridized carbons (Fsp3) is 0.214. The maximum Gasteiger partial charge on any atom is 0.418 e. The Balaban J connectivity index is 1.52. The van der Waals surface area contributed by atoms with Gasteiger partial charge in [-0.2, -0.15) is 13.2 Å². The van der Waals surface area contributed by atoms with Crippen molar-refractivity contribution in [2.24, 2.45) is 0 Å². The minimum absolute atomic E-state index is 0.0801. The van der Waals surface area contributed by atoms with Crippen LogP contribution in [0.5, 0.6) is 5.75 Å². The number of aryl methyl sites for hydroxylation is 1. The smallest absolute Gasteiger partial charge is 0.418 e. The number of alkyl halides is 3. The van der Waals surface area contributed by atoms with Gasteiger partial charge in [-0.05, 0) is 59.9 Å². The summed E-state index contributed by atoms with van der Waals surface area (Å²) >= 11 is 0. The topological polar surface area (TPSA) is 48.4 Å². The lowest BCUT2D eigenvalue weighted by Gasteiger charge is -2.13. The molecule has 1 aromatic heterocycles. The molecule has 0 N–H and O–H groups in total. The molecule has 0 radical (unpaired) electrons.